The molecule has 0 unspecified atom stereocenters. The van der Waals surface area contributed by atoms with Crippen LogP contribution in [0.1, 0.15) is 11.1 Å². The van der Waals surface area contributed by atoms with E-state index in [2.05, 4.69) is 10.7 Å². The first kappa shape index (κ1) is 12.9. The molecule has 1 fully saturated rings. The van der Waals surface area contributed by atoms with E-state index in [0.29, 0.717) is 26.3 Å². The lowest BCUT2D eigenvalue weighted by molar-refractivity contribution is 0.147. The van der Waals surface area contributed by atoms with E-state index in [1.54, 1.807) is 5.01 Å². The number of hydrazine groups is 1. The Morgan fingerprint density at radius 3 is 2.78 bits per heavy atom. The standard InChI is InChI=1S/C13H19N3O2/c1-10-4-3-5-11(2)12(10)15-13(17)16-7-9-18-8-6-14-16/h3-5,14H,6-9H2,1-2H3,(H,15,17). The van der Waals surface area contributed by atoms with Crippen LogP contribution in [0.5, 0.6) is 0 Å². The van der Waals surface area contributed by atoms with E-state index in [9.17, 15) is 4.79 Å². The number of carbonyl (C=O) groups excluding carboxylic acids is 1. The summed E-state index contributed by atoms with van der Waals surface area (Å²) in [5.41, 5.74) is 6.05. The van der Waals surface area contributed by atoms with Gasteiger partial charge in [0.25, 0.3) is 0 Å². The monoisotopic (exact) mass is 249 g/mol. The van der Waals surface area contributed by atoms with Gasteiger partial charge in [-0.05, 0) is 25.0 Å². The van der Waals surface area contributed by atoms with Crippen molar-refractivity contribution in [2.75, 3.05) is 31.6 Å². The fraction of sp³-hybridized carbons (Fsp3) is 0.462. The number of aryl methyl sites for hydroxylation is 2. The van der Waals surface area contributed by atoms with Gasteiger partial charge in [-0.2, -0.15) is 0 Å². The van der Waals surface area contributed by atoms with E-state index in [4.69, 9.17) is 4.74 Å². The minimum atomic E-state index is -0.141. The number of ether oxygens (including phenoxy) is 1. The number of rotatable bonds is 1. The molecule has 0 bridgehead atoms. The Bertz CT molecular complexity index is 406. The van der Waals surface area contributed by atoms with E-state index in [-0.39, 0.29) is 6.03 Å². The summed E-state index contributed by atoms with van der Waals surface area (Å²) in [7, 11) is 0. The average molecular weight is 249 g/mol. The third-order valence-corrected chi connectivity index (χ3v) is 2.97. The van der Waals surface area contributed by atoms with Gasteiger partial charge in [0.15, 0.2) is 0 Å². The van der Waals surface area contributed by atoms with Crippen molar-refractivity contribution in [3.05, 3.63) is 29.3 Å². The van der Waals surface area contributed by atoms with Gasteiger partial charge in [0.2, 0.25) is 0 Å². The lowest BCUT2D eigenvalue weighted by Gasteiger charge is -2.22. The molecule has 0 spiro atoms. The Hall–Kier alpha value is -1.59. The summed E-state index contributed by atoms with van der Waals surface area (Å²) < 4.78 is 5.29. The van der Waals surface area contributed by atoms with Crippen LogP contribution in [0.25, 0.3) is 0 Å². The molecule has 0 radical (unpaired) electrons. The van der Waals surface area contributed by atoms with Crippen LogP contribution in [-0.2, 0) is 4.74 Å². The SMILES string of the molecule is Cc1cccc(C)c1NC(=O)N1CCOCCN1. The highest BCUT2D eigenvalue weighted by Gasteiger charge is 2.16. The Morgan fingerprint density at radius 1 is 1.33 bits per heavy atom. The predicted octanol–water partition coefficient (Wildman–Crippen LogP) is 1.67. The quantitative estimate of drug-likeness (QED) is 0.796. The lowest BCUT2D eigenvalue weighted by Crippen LogP contribution is -2.46. The number of amides is 2. The molecule has 0 aliphatic carbocycles. The number of carbonyl (C=O) groups is 1. The number of hydrogen-bond donors (Lipinski definition) is 2. The molecule has 0 aromatic heterocycles. The van der Waals surface area contributed by atoms with Crippen LogP contribution in [0, 0.1) is 13.8 Å². The van der Waals surface area contributed by atoms with Gasteiger partial charge in [0, 0.05) is 12.2 Å². The minimum Gasteiger partial charge on any atom is -0.378 e. The number of nitrogens with zero attached hydrogens (tertiary/aromatic N) is 1. The first-order valence-electron chi connectivity index (χ1n) is 6.14. The molecule has 5 heteroatoms. The van der Waals surface area contributed by atoms with Crippen LogP contribution in [0.3, 0.4) is 0 Å². The second kappa shape index (κ2) is 5.84. The molecule has 98 valence electrons. The van der Waals surface area contributed by atoms with E-state index in [1.807, 2.05) is 32.0 Å². The molecule has 1 aromatic carbocycles. The highest BCUT2D eigenvalue weighted by Crippen LogP contribution is 2.19. The summed E-state index contributed by atoms with van der Waals surface area (Å²) in [4.78, 5) is 12.1. The predicted molar refractivity (Wildman–Crippen MR) is 70.5 cm³/mol. The number of anilines is 1. The number of benzene rings is 1. The summed E-state index contributed by atoms with van der Waals surface area (Å²) in [5, 5.41) is 4.51. The number of nitrogens with one attached hydrogen (secondary N) is 2. The second-order valence-corrected chi connectivity index (χ2v) is 4.37. The summed E-state index contributed by atoms with van der Waals surface area (Å²) in [6.45, 7) is 6.38. The molecule has 5 nitrogen and oxygen atoms in total. The van der Waals surface area contributed by atoms with Gasteiger partial charge in [-0.25, -0.2) is 10.2 Å². The Morgan fingerprint density at radius 2 is 2.06 bits per heavy atom. The molecule has 0 atom stereocenters. The maximum Gasteiger partial charge on any atom is 0.336 e. The molecule has 1 heterocycles. The minimum absolute atomic E-state index is 0.141. The molecule has 1 saturated heterocycles. The Balaban J connectivity index is 2.06. The first-order valence-corrected chi connectivity index (χ1v) is 6.14. The molecule has 0 saturated carbocycles. The zero-order valence-corrected chi connectivity index (χ0v) is 10.8. The molecule has 2 amide bonds. The van der Waals surface area contributed by atoms with E-state index >= 15 is 0 Å². The third kappa shape index (κ3) is 3.00. The smallest absolute Gasteiger partial charge is 0.336 e. The van der Waals surface area contributed by atoms with Crippen molar-refractivity contribution in [3.63, 3.8) is 0 Å². The van der Waals surface area contributed by atoms with Gasteiger partial charge in [0.1, 0.15) is 0 Å². The van der Waals surface area contributed by atoms with Gasteiger partial charge >= 0.3 is 6.03 Å². The van der Waals surface area contributed by atoms with Gasteiger partial charge in [-0.1, -0.05) is 18.2 Å². The fourth-order valence-electron chi connectivity index (χ4n) is 1.95. The number of hydrogen-bond acceptors (Lipinski definition) is 3. The largest absolute Gasteiger partial charge is 0.378 e. The van der Waals surface area contributed by atoms with Crippen LogP contribution < -0.4 is 10.7 Å². The van der Waals surface area contributed by atoms with Crippen molar-refractivity contribution in [1.29, 1.82) is 0 Å². The molecular formula is C13H19N3O2. The molecular weight excluding hydrogens is 230 g/mol. The van der Waals surface area contributed by atoms with E-state index < -0.39 is 0 Å². The van der Waals surface area contributed by atoms with Crippen LogP contribution in [0.15, 0.2) is 18.2 Å². The molecule has 1 aliphatic rings. The van der Waals surface area contributed by atoms with Crippen molar-refractivity contribution in [3.8, 4) is 0 Å². The van der Waals surface area contributed by atoms with Gasteiger partial charge in [0.05, 0.1) is 19.8 Å². The summed E-state index contributed by atoms with van der Waals surface area (Å²) in [6, 6.07) is 5.82. The third-order valence-electron chi connectivity index (χ3n) is 2.97. The van der Waals surface area contributed by atoms with Crippen LogP contribution in [-0.4, -0.2) is 37.3 Å². The lowest BCUT2D eigenvalue weighted by atomic mass is 10.1. The van der Waals surface area contributed by atoms with Crippen molar-refractivity contribution in [2.45, 2.75) is 13.8 Å². The van der Waals surface area contributed by atoms with Crippen LogP contribution in [0.2, 0.25) is 0 Å². The normalized spacial score (nSPS) is 16.2. The topological polar surface area (TPSA) is 53.6 Å². The summed E-state index contributed by atoms with van der Waals surface area (Å²) in [5.74, 6) is 0. The van der Waals surface area contributed by atoms with Crippen molar-refractivity contribution >= 4 is 11.7 Å². The number of urea groups is 1. The fourth-order valence-corrected chi connectivity index (χ4v) is 1.95. The van der Waals surface area contributed by atoms with E-state index in [1.165, 1.54) is 0 Å². The van der Waals surface area contributed by atoms with Gasteiger partial charge in [-0.15, -0.1) is 0 Å². The Labute approximate surface area is 107 Å². The van der Waals surface area contributed by atoms with Crippen LogP contribution in [0.4, 0.5) is 10.5 Å². The van der Waals surface area contributed by atoms with Gasteiger partial charge in [-0.3, -0.25) is 5.01 Å². The summed E-state index contributed by atoms with van der Waals surface area (Å²) in [6.07, 6.45) is 0. The highest BCUT2D eigenvalue weighted by molar-refractivity contribution is 5.90. The maximum absolute atomic E-state index is 12.1. The highest BCUT2D eigenvalue weighted by atomic mass is 16.5. The van der Waals surface area contributed by atoms with Crippen molar-refractivity contribution in [2.24, 2.45) is 0 Å². The summed E-state index contributed by atoms with van der Waals surface area (Å²) >= 11 is 0. The van der Waals surface area contributed by atoms with Crippen molar-refractivity contribution in [1.82, 2.24) is 10.4 Å². The molecule has 18 heavy (non-hydrogen) atoms. The maximum atomic E-state index is 12.1. The molecule has 2 N–H and O–H groups in total. The number of para-hydroxylation sites is 1. The Kier molecular flexibility index (Phi) is 4.17. The molecule has 2 rings (SSSR count). The van der Waals surface area contributed by atoms with Crippen LogP contribution >= 0.6 is 0 Å². The van der Waals surface area contributed by atoms with Crippen molar-refractivity contribution < 1.29 is 9.53 Å². The first-order chi connectivity index (χ1) is 8.68. The zero-order chi connectivity index (χ0) is 13.0. The molecule has 1 aromatic rings. The van der Waals surface area contributed by atoms with E-state index in [0.717, 1.165) is 16.8 Å². The average Bonchev–Trinajstić information content (AvgIpc) is 2.62. The zero-order valence-electron chi connectivity index (χ0n) is 10.8. The van der Waals surface area contributed by atoms with Gasteiger partial charge < -0.3 is 10.1 Å². The second-order valence-electron chi connectivity index (χ2n) is 4.37. The molecule has 1 aliphatic heterocycles.